The number of benzene rings is 2. The minimum Gasteiger partial charge on any atom is -0.361 e. The van der Waals surface area contributed by atoms with Crippen LogP contribution in [-0.2, 0) is 0 Å². The molecule has 2 aromatic carbocycles. The highest BCUT2D eigenvalue weighted by Crippen LogP contribution is 2.19. The zero-order valence-corrected chi connectivity index (χ0v) is 13.1. The predicted molar refractivity (Wildman–Crippen MR) is 88.3 cm³/mol. The number of halogens is 1. The number of aromatic nitrogens is 1. The first-order valence-corrected chi connectivity index (χ1v) is 7.56. The highest BCUT2D eigenvalue weighted by atomic mass is 79.9. The monoisotopic (exact) mass is 342 g/mol. The molecule has 1 amide bonds. The predicted octanol–water partition coefficient (Wildman–Crippen LogP) is 4.42. The summed E-state index contributed by atoms with van der Waals surface area (Å²) in [7, 11) is 0. The zero-order chi connectivity index (χ0) is 14.8. The van der Waals surface area contributed by atoms with E-state index >= 15 is 0 Å². The maximum Gasteiger partial charge on any atom is 0.251 e. The van der Waals surface area contributed by atoms with E-state index in [1.165, 1.54) is 0 Å². The summed E-state index contributed by atoms with van der Waals surface area (Å²) in [6.45, 7) is 1.98. The van der Waals surface area contributed by atoms with E-state index in [1.54, 1.807) is 0 Å². The Morgan fingerprint density at radius 2 is 2.05 bits per heavy atom. The lowest BCUT2D eigenvalue weighted by Crippen LogP contribution is -2.26. The number of aromatic amines is 1. The highest BCUT2D eigenvalue weighted by molar-refractivity contribution is 9.10. The molecule has 0 aliphatic rings. The highest BCUT2D eigenvalue weighted by Gasteiger charge is 2.12. The molecular weight excluding hydrogens is 328 g/mol. The Bertz CT molecular complexity index is 794. The van der Waals surface area contributed by atoms with Gasteiger partial charge in [0.05, 0.1) is 6.04 Å². The number of hydrogen-bond acceptors (Lipinski definition) is 1. The van der Waals surface area contributed by atoms with Crippen molar-refractivity contribution in [2.24, 2.45) is 0 Å². The summed E-state index contributed by atoms with van der Waals surface area (Å²) in [6.07, 6.45) is 1.87. The number of carbonyl (C=O) groups is 1. The lowest BCUT2D eigenvalue weighted by atomic mass is 10.1. The molecule has 21 heavy (non-hydrogen) atoms. The summed E-state index contributed by atoms with van der Waals surface area (Å²) >= 11 is 3.45. The maximum absolute atomic E-state index is 12.3. The summed E-state index contributed by atoms with van der Waals surface area (Å²) in [5.74, 6) is -0.0704. The van der Waals surface area contributed by atoms with Gasteiger partial charge in [-0.1, -0.05) is 34.1 Å². The molecule has 0 aliphatic heterocycles. The number of nitrogens with one attached hydrogen (secondary N) is 2. The largest absolute Gasteiger partial charge is 0.361 e. The van der Waals surface area contributed by atoms with Crippen molar-refractivity contribution in [1.82, 2.24) is 10.3 Å². The fourth-order valence-electron chi connectivity index (χ4n) is 2.33. The molecule has 3 aromatic rings. The Labute approximate surface area is 131 Å². The van der Waals surface area contributed by atoms with Gasteiger partial charge in [-0.25, -0.2) is 0 Å². The van der Waals surface area contributed by atoms with Crippen LogP contribution in [0.4, 0.5) is 0 Å². The van der Waals surface area contributed by atoms with Gasteiger partial charge in [0, 0.05) is 21.7 Å². The van der Waals surface area contributed by atoms with Gasteiger partial charge in [-0.2, -0.15) is 0 Å². The van der Waals surface area contributed by atoms with Crippen molar-refractivity contribution < 1.29 is 4.79 Å². The molecule has 0 fully saturated rings. The third-order valence-corrected chi connectivity index (χ3v) is 4.01. The van der Waals surface area contributed by atoms with Crippen LogP contribution in [0.3, 0.4) is 0 Å². The summed E-state index contributed by atoms with van der Waals surface area (Å²) in [5.41, 5.74) is 2.70. The molecule has 1 heterocycles. The zero-order valence-electron chi connectivity index (χ0n) is 11.6. The summed E-state index contributed by atoms with van der Waals surface area (Å²) in [6, 6.07) is 15.6. The van der Waals surface area contributed by atoms with Crippen LogP contribution < -0.4 is 5.32 Å². The minimum atomic E-state index is -0.0704. The van der Waals surface area contributed by atoms with Gasteiger partial charge in [-0.15, -0.1) is 0 Å². The first-order chi connectivity index (χ1) is 10.1. The third kappa shape index (κ3) is 3.00. The van der Waals surface area contributed by atoms with E-state index < -0.39 is 0 Å². The van der Waals surface area contributed by atoms with Gasteiger partial charge in [0.25, 0.3) is 5.91 Å². The van der Waals surface area contributed by atoms with Gasteiger partial charge in [0.1, 0.15) is 0 Å². The van der Waals surface area contributed by atoms with Crippen LogP contribution in [0.15, 0.2) is 59.2 Å². The number of fused-ring (bicyclic) bond motifs is 1. The Morgan fingerprint density at radius 3 is 2.86 bits per heavy atom. The van der Waals surface area contributed by atoms with Gasteiger partial charge in [-0.3, -0.25) is 4.79 Å². The van der Waals surface area contributed by atoms with Crippen LogP contribution >= 0.6 is 15.9 Å². The molecule has 0 spiro atoms. The first kappa shape index (κ1) is 13.9. The molecule has 1 unspecified atom stereocenters. The average Bonchev–Trinajstić information content (AvgIpc) is 2.94. The van der Waals surface area contributed by atoms with E-state index in [2.05, 4.69) is 26.2 Å². The van der Waals surface area contributed by atoms with Crippen LogP contribution in [0.5, 0.6) is 0 Å². The van der Waals surface area contributed by atoms with Gasteiger partial charge >= 0.3 is 0 Å². The van der Waals surface area contributed by atoms with Crippen LogP contribution in [0.25, 0.3) is 10.9 Å². The van der Waals surface area contributed by atoms with Gasteiger partial charge in [-0.05, 0) is 48.2 Å². The van der Waals surface area contributed by atoms with Crippen LogP contribution in [0, 0.1) is 0 Å². The molecule has 0 aliphatic carbocycles. The smallest absolute Gasteiger partial charge is 0.251 e. The molecule has 3 rings (SSSR count). The number of hydrogen-bond donors (Lipinski definition) is 2. The van der Waals surface area contributed by atoms with Crippen LogP contribution in [0.1, 0.15) is 28.9 Å². The number of H-pyrrole nitrogens is 1. The molecule has 2 N–H and O–H groups in total. The van der Waals surface area contributed by atoms with Gasteiger partial charge in [0.15, 0.2) is 0 Å². The summed E-state index contributed by atoms with van der Waals surface area (Å²) in [4.78, 5) is 15.5. The topological polar surface area (TPSA) is 44.9 Å². The fraction of sp³-hybridized carbons (Fsp3) is 0.118. The third-order valence-electron chi connectivity index (χ3n) is 3.51. The van der Waals surface area contributed by atoms with Gasteiger partial charge in [0.2, 0.25) is 0 Å². The number of amides is 1. The quantitative estimate of drug-likeness (QED) is 0.726. The fourth-order valence-corrected chi connectivity index (χ4v) is 2.75. The Hall–Kier alpha value is -2.07. The molecular formula is C17H15BrN2O. The molecule has 1 aromatic heterocycles. The number of rotatable bonds is 3. The number of carbonyl (C=O) groups excluding carboxylic acids is 1. The lowest BCUT2D eigenvalue weighted by molar-refractivity contribution is 0.0940. The van der Waals surface area contributed by atoms with Crippen molar-refractivity contribution in [3.05, 3.63) is 70.3 Å². The summed E-state index contributed by atoms with van der Waals surface area (Å²) in [5, 5.41) is 4.13. The Morgan fingerprint density at radius 1 is 1.19 bits per heavy atom. The Kier molecular flexibility index (Phi) is 3.80. The average molecular weight is 343 g/mol. The first-order valence-electron chi connectivity index (χ1n) is 6.77. The molecule has 0 saturated heterocycles. The van der Waals surface area contributed by atoms with Crippen LogP contribution in [-0.4, -0.2) is 10.9 Å². The van der Waals surface area contributed by atoms with Crippen molar-refractivity contribution in [2.75, 3.05) is 0 Å². The van der Waals surface area contributed by atoms with Crippen molar-refractivity contribution in [1.29, 1.82) is 0 Å². The maximum atomic E-state index is 12.3. The van der Waals surface area contributed by atoms with E-state index in [-0.39, 0.29) is 11.9 Å². The Balaban J connectivity index is 1.79. The van der Waals surface area contributed by atoms with Crippen molar-refractivity contribution in [2.45, 2.75) is 13.0 Å². The molecule has 1 atom stereocenters. The van der Waals surface area contributed by atoms with Crippen molar-refractivity contribution in [3.63, 3.8) is 0 Å². The van der Waals surface area contributed by atoms with E-state index in [0.29, 0.717) is 5.56 Å². The lowest BCUT2D eigenvalue weighted by Gasteiger charge is -2.14. The molecule has 0 saturated carbocycles. The van der Waals surface area contributed by atoms with Crippen molar-refractivity contribution >= 4 is 32.7 Å². The molecule has 3 nitrogen and oxygen atoms in total. The molecule has 0 bridgehead atoms. The second kappa shape index (κ2) is 5.74. The SMILES string of the molecule is CC(NC(=O)c1ccc2cc[nH]c2c1)c1cccc(Br)c1. The van der Waals surface area contributed by atoms with Gasteiger partial charge < -0.3 is 10.3 Å². The van der Waals surface area contributed by atoms with Crippen LogP contribution in [0.2, 0.25) is 0 Å². The standard InChI is InChI=1S/C17H15BrN2O/c1-11(13-3-2-4-15(18)9-13)20-17(21)14-6-5-12-7-8-19-16(12)10-14/h2-11,19H,1H3,(H,20,21). The summed E-state index contributed by atoms with van der Waals surface area (Å²) < 4.78 is 1.01. The van der Waals surface area contributed by atoms with Crippen molar-refractivity contribution in [3.8, 4) is 0 Å². The molecule has 106 valence electrons. The second-order valence-electron chi connectivity index (χ2n) is 5.03. The minimum absolute atomic E-state index is 0.0469. The van der Waals surface area contributed by atoms with E-state index in [9.17, 15) is 4.79 Å². The molecule has 4 heteroatoms. The molecule has 0 radical (unpaired) electrons. The van der Waals surface area contributed by atoms with E-state index in [0.717, 1.165) is 20.9 Å². The normalized spacial score (nSPS) is 12.3. The van der Waals surface area contributed by atoms with E-state index in [1.807, 2.05) is 61.7 Å². The van der Waals surface area contributed by atoms with E-state index in [4.69, 9.17) is 0 Å². The second-order valence-corrected chi connectivity index (χ2v) is 5.95.